The summed E-state index contributed by atoms with van der Waals surface area (Å²) in [6, 6.07) is 22.1. The number of nitrogens with zero attached hydrogens (tertiary/aromatic N) is 1. The molecule has 0 fully saturated rings. The zero-order valence-corrected chi connectivity index (χ0v) is 20.9. The summed E-state index contributed by atoms with van der Waals surface area (Å²) in [4.78, 5) is 11.0. The molecule has 1 atom stereocenters. The summed E-state index contributed by atoms with van der Waals surface area (Å²) in [5.41, 5.74) is 3.79. The van der Waals surface area contributed by atoms with Gasteiger partial charge in [-0.05, 0) is 66.1 Å². The molecule has 0 aliphatic rings. The third-order valence-corrected chi connectivity index (χ3v) is 5.59. The van der Waals surface area contributed by atoms with Crippen LogP contribution in [0.25, 0.3) is 0 Å². The number of nitrogens with one attached hydrogen (secondary N) is 1. The Morgan fingerprint density at radius 2 is 1.84 bits per heavy atom. The highest BCUT2D eigenvalue weighted by Crippen LogP contribution is 2.23. The quantitative estimate of drug-likeness (QED) is 0.224. The average Bonchev–Trinajstić information content (AvgIpc) is 2.91. The van der Waals surface area contributed by atoms with Crippen molar-refractivity contribution in [3.8, 4) is 17.6 Å². The fourth-order valence-electron chi connectivity index (χ4n) is 3.59. The lowest BCUT2D eigenvalue weighted by Gasteiger charge is -2.14. The molecule has 3 rings (SSSR count). The molecule has 8 nitrogen and oxygen atoms in total. The number of phenolic OH excluding ortho intramolecular Hbond substituents is 1. The van der Waals surface area contributed by atoms with Crippen LogP contribution in [0.1, 0.15) is 40.8 Å². The van der Waals surface area contributed by atoms with Crippen molar-refractivity contribution < 1.29 is 29.2 Å². The second kappa shape index (κ2) is 14.6. The molecule has 0 aliphatic heterocycles. The lowest BCUT2D eigenvalue weighted by atomic mass is 10.1. The van der Waals surface area contributed by atoms with E-state index in [9.17, 15) is 15.0 Å². The zero-order valence-electron chi connectivity index (χ0n) is 20.9. The Labute approximate surface area is 217 Å². The van der Waals surface area contributed by atoms with E-state index in [4.69, 9.17) is 19.5 Å². The largest absolute Gasteiger partial charge is 0.508 e. The van der Waals surface area contributed by atoms with Gasteiger partial charge in [-0.3, -0.25) is 4.79 Å². The number of hydrogen-bond acceptors (Lipinski definition) is 8. The molecule has 8 heteroatoms. The lowest BCUT2D eigenvalue weighted by molar-refractivity contribution is -0.142. The number of carbonyl (C=O) groups is 1. The van der Waals surface area contributed by atoms with Gasteiger partial charge in [-0.25, -0.2) is 0 Å². The predicted molar refractivity (Wildman–Crippen MR) is 138 cm³/mol. The molecule has 0 heterocycles. The molecule has 0 radical (unpaired) electrons. The van der Waals surface area contributed by atoms with Gasteiger partial charge in [-0.15, -0.1) is 0 Å². The summed E-state index contributed by atoms with van der Waals surface area (Å²) in [5.74, 6) is 0.350. The number of aliphatic hydroxyl groups excluding tert-OH is 1. The first-order valence-corrected chi connectivity index (χ1v) is 12.1. The second-order valence-corrected chi connectivity index (χ2v) is 8.50. The SMILES string of the molecule is CC(=O)OCc1cc([C@@H](O)CNCCc2ccc(OCCOCc3cccc(C#N)c3)cc2)ccc1O. The van der Waals surface area contributed by atoms with Gasteiger partial charge >= 0.3 is 5.97 Å². The fraction of sp³-hybridized carbons (Fsp3) is 0.310. The molecule has 37 heavy (non-hydrogen) atoms. The minimum atomic E-state index is -0.759. The molecule has 0 amide bonds. The number of hydrogen-bond donors (Lipinski definition) is 3. The van der Waals surface area contributed by atoms with E-state index in [1.54, 1.807) is 18.2 Å². The van der Waals surface area contributed by atoms with Gasteiger partial charge in [0.1, 0.15) is 24.7 Å². The Kier molecular flexibility index (Phi) is 10.9. The Morgan fingerprint density at radius 3 is 2.59 bits per heavy atom. The van der Waals surface area contributed by atoms with Crippen molar-refractivity contribution in [2.75, 3.05) is 26.3 Å². The number of aromatic hydroxyl groups is 1. The van der Waals surface area contributed by atoms with E-state index < -0.39 is 12.1 Å². The van der Waals surface area contributed by atoms with Crippen molar-refractivity contribution in [2.24, 2.45) is 0 Å². The van der Waals surface area contributed by atoms with Crippen molar-refractivity contribution in [3.05, 3.63) is 94.5 Å². The zero-order chi connectivity index (χ0) is 26.5. The Balaban J connectivity index is 1.32. The molecule has 0 aromatic heterocycles. The maximum Gasteiger partial charge on any atom is 0.302 e. The molecule has 3 N–H and O–H groups in total. The van der Waals surface area contributed by atoms with Gasteiger partial charge in [0.2, 0.25) is 0 Å². The van der Waals surface area contributed by atoms with Crippen LogP contribution in [0.4, 0.5) is 0 Å². The highest BCUT2D eigenvalue weighted by atomic mass is 16.5. The monoisotopic (exact) mass is 504 g/mol. The van der Waals surface area contributed by atoms with Gasteiger partial charge in [-0.2, -0.15) is 5.26 Å². The van der Waals surface area contributed by atoms with Crippen molar-refractivity contribution in [2.45, 2.75) is 32.7 Å². The summed E-state index contributed by atoms with van der Waals surface area (Å²) >= 11 is 0. The molecule has 3 aromatic rings. The standard InChI is InChI=1S/C29H32N2O6/c1-21(32)37-20-26-16-25(7-10-28(26)33)29(34)18-31-12-11-22-5-8-27(9-6-22)36-14-13-35-19-24-4-2-3-23(15-24)17-30/h2-10,15-16,29,31,33-34H,11-14,18-20H2,1H3/t29-/m0/s1. The number of phenols is 1. The summed E-state index contributed by atoms with van der Waals surface area (Å²) in [7, 11) is 0. The van der Waals surface area contributed by atoms with Crippen molar-refractivity contribution in [1.82, 2.24) is 5.32 Å². The lowest BCUT2D eigenvalue weighted by Crippen LogP contribution is -2.23. The first-order valence-electron chi connectivity index (χ1n) is 12.1. The van der Waals surface area contributed by atoms with Gasteiger partial charge in [0, 0.05) is 19.0 Å². The van der Waals surface area contributed by atoms with Crippen LogP contribution in [0, 0.1) is 11.3 Å². The van der Waals surface area contributed by atoms with Crippen LogP contribution >= 0.6 is 0 Å². The number of nitriles is 1. The van der Waals surface area contributed by atoms with Gasteiger partial charge in [0.05, 0.1) is 31.0 Å². The molecule has 0 saturated carbocycles. The molecule has 3 aromatic carbocycles. The second-order valence-electron chi connectivity index (χ2n) is 8.50. The van der Waals surface area contributed by atoms with Crippen LogP contribution in [0.15, 0.2) is 66.7 Å². The molecular weight excluding hydrogens is 472 g/mol. The molecule has 0 bridgehead atoms. The maximum absolute atomic E-state index is 11.0. The van der Waals surface area contributed by atoms with E-state index in [1.165, 1.54) is 13.0 Å². The smallest absolute Gasteiger partial charge is 0.302 e. The van der Waals surface area contributed by atoms with Gasteiger partial charge in [0.15, 0.2) is 0 Å². The summed E-state index contributed by atoms with van der Waals surface area (Å²) < 4.78 is 16.3. The van der Waals surface area contributed by atoms with E-state index in [0.717, 1.165) is 23.3 Å². The Morgan fingerprint density at radius 1 is 1.03 bits per heavy atom. The van der Waals surface area contributed by atoms with Crippen LogP contribution in [0.2, 0.25) is 0 Å². The number of aliphatic hydroxyl groups is 1. The van der Waals surface area contributed by atoms with Crippen LogP contribution in [-0.4, -0.2) is 42.5 Å². The molecule has 194 valence electrons. The molecule has 0 unspecified atom stereocenters. The van der Waals surface area contributed by atoms with E-state index >= 15 is 0 Å². The highest BCUT2D eigenvalue weighted by molar-refractivity contribution is 5.66. The van der Waals surface area contributed by atoms with Crippen LogP contribution < -0.4 is 10.1 Å². The summed E-state index contributed by atoms with van der Waals surface area (Å²) in [6.07, 6.45) is 0.0236. The number of carbonyl (C=O) groups excluding carboxylic acids is 1. The summed E-state index contributed by atoms with van der Waals surface area (Å²) in [6.45, 7) is 3.59. The number of esters is 1. The molecule has 0 aliphatic carbocycles. The Bertz CT molecular complexity index is 1190. The predicted octanol–water partition coefficient (Wildman–Crippen LogP) is 3.79. The van der Waals surface area contributed by atoms with Crippen molar-refractivity contribution in [1.29, 1.82) is 5.26 Å². The van der Waals surface area contributed by atoms with E-state index in [1.807, 2.05) is 42.5 Å². The van der Waals surface area contributed by atoms with Gasteiger partial charge < -0.3 is 29.7 Å². The van der Waals surface area contributed by atoms with Gasteiger partial charge in [0.25, 0.3) is 0 Å². The molecule has 0 saturated heterocycles. The topological polar surface area (TPSA) is 121 Å². The minimum Gasteiger partial charge on any atom is -0.508 e. The third-order valence-electron chi connectivity index (χ3n) is 5.59. The van der Waals surface area contributed by atoms with Gasteiger partial charge in [-0.1, -0.05) is 30.3 Å². The van der Waals surface area contributed by atoms with Crippen molar-refractivity contribution >= 4 is 5.97 Å². The van der Waals surface area contributed by atoms with Crippen LogP contribution in [0.5, 0.6) is 11.5 Å². The van der Waals surface area contributed by atoms with E-state index in [-0.39, 0.29) is 12.4 Å². The molecule has 0 spiro atoms. The fourth-order valence-corrected chi connectivity index (χ4v) is 3.59. The van der Waals surface area contributed by atoms with Crippen LogP contribution in [0.3, 0.4) is 0 Å². The first kappa shape index (κ1) is 27.7. The van der Waals surface area contributed by atoms with E-state index in [0.29, 0.717) is 49.6 Å². The summed E-state index contributed by atoms with van der Waals surface area (Å²) in [5, 5.41) is 32.6. The number of rotatable bonds is 14. The average molecular weight is 505 g/mol. The number of benzene rings is 3. The van der Waals surface area contributed by atoms with Crippen molar-refractivity contribution in [3.63, 3.8) is 0 Å². The third kappa shape index (κ3) is 9.58. The number of ether oxygens (including phenoxy) is 3. The molecular formula is C29H32N2O6. The minimum absolute atomic E-state index is 0.0207. The van der Waals surface area contributed by atoms with Crippen LogP contribution in [-0.2, 0) is 33.9 Å². The first-order chi connectivity index (χ1) is 17.9. The maximum atomic E-state index is 11.0. The Hall–Kier alpha value is -3.90. The highest BCUT2D eigenvalue weighted by Gasteiger charge is 2.11. The van der Waals surface area contributed by atoms with E-state index in [2.05, 4.69) is 11.4 Å². The normalized spacial score (nSPS) is 11.5.